The van der Waals surface area contributed by atoms with E-state index in [2.05, 4.69) is 16.6 Å². The number of aromatic hydroxyl groups is 1. The summed E-state index contributed by atoms with van der Waals surface area (Å²) in [5.74, 6) is -0.574. The number of phenols is 1. The number of aryl methyl sites for hydroxylation is 1. The van der Waals surface area contributed by atoms with Crippen LogP contribution in [-0.2, 0) is 10.0 Å². The topological polar surface area (TPSA) is 95.5 Å². The number of anilines is 1. The number of phenolic OH excluding ortho intramolecular Hbond substituents is 1. The molecule has 0 saturated heterocycles. The van der Waals surface area contributed by atoms with Gasteiger partial charge in [-0.05, 0) is 42.8 Å². The Labute approximate surface area is 140 Å². The first-order valence-corrected chi connectivity index (χ1v) is 8.63. The van der Waals surface area contributed by atoms with Crippen molar-refractivity contribution in [1.82, 2.24) is 4.72 Å². The summed E-state index contributed by atoms with van der Waals surface area (Å²) in [4.78, 5) is 12.3. The van der Waals surface area contributed by atoms with E-state index in [0.29, 0.717) is 0 Å². The second-order valence-electron chi connectivity index (χ2n) is 5.14. The van der Waals surface area contributed by atoms with E-state index in [1.165, 1.54) is 36.4 Å². The molecule has 0 unspecified atom stereocenters. The predicted octanol–water partition coefficient (Wildman–Crippen LogP) is 2.42. The summed E-state index contributed by atoms with van der Waals surface area (Å²) >= 11 is 0. The summed E-state index contributed by atoms with van der Waals surface area (Å²) < 4.78 is 26.5. The van der Waals surface area contributed by atoms with Crippen LogP contribution in [0.3, 0.4) is 0 Å². The van der Waals surface area contributed by atoms with Crippen molar-refractivity contribution in [3.05, 3.63) is 66.2 Å². The smallest absolute Gasteiger partial charge is 0.255 e. The molecule has 2 aromatic rings. The molecule has 7 heteroatoms. The Bertz CT molecular complexity index is 876. The van der Waals surface area contributed by atoms with Gasteiger partial charge >= 0.3 is 0 Å². The van der Waals surface area contributed by atoms with Crippen LogP contribution in [0.1, 0.15) is 15.9 Å². The minimum atomic E-state index is -3.72. The Balaban J connectivity index is 2.24. The molecule has 0 spiro atoms. The molecule has 0 bridgehead atoms. The van der Waals surface area contributed by atoms with Crippen LogP contribution in [-0.4, -0.2) is 26.0 Å². The lowest BCUT2D eigenvalue weighted by molar-refractivity contribution is 0.102. The molecule has 6 nitrogen and oxygen atoms in total. The third kappa shape index (κ3) is 4.21. The first-order chi connectivity index (χ1) is 11.3. The predicted molar refractivity (Wildman–Crippen MR) is 92.6 cm³/mol. The van der Waals surface area contributed by atoms with Crippen molar-refractivity contribution in [3.8, 4) is 5.75 Å². The van der Waals surface area contributed by atoms with Gasteiger partial charge in [-0.15, -0.1) is 6.58 Å². The van der Waals surface area contributed by atoms with E-state index in [4.69, 9.17) is 0 Å². The Kier molecular flexibility index (Phi) is 5.38. The van der Waals surface area contributed by atoms with Gasteiger partial charge in [0.15, 0.2) is 0 Å². The highest BCUT2D eigenvalue weighted by atomic mass is 32.2. The van der Waals surface area contributed by atoms with Gasteiger partial charge in [-0.1, -0.05) is 18.2 Å². The fraction of sp³-hybridized carbons (Fsp3) is 0.118. The Morgan fingerprint density at radius 1 is 1.25 bits per heavy atom. The van der Waals surface area contributed by atoms with E-state index in [1.807, 2.05) is 6.92 Å². The molecular weight excluding hydrogens is 328 g/mol. The van der Waals surface area contributed by atoms with E-state index >= 15 is 0 Å². The van der Waals surface area contributed by atoms with Crippen molar-refractivity contribution in [3.63, 3.8) is 0 Å². The molecular formula is C17H18N2O4S. The largest absolute Gasteiger partial charge is 0.506 e. The zero-order chi connectivity index (χ0) is 17.7. The number of amides is 1. The summed E-state index contributed by atoms with van der Waals surface area (Å²) in [6, 6.07) is 10.5. The first-order valence-electron chi connectivity index (χ1n) is 7.15. The molecule has 0 saturated carbocycles. The van der Waals surface area contributed by atoms with Crippen molar-refractivity contribution < 1.29 is 18.3 Å². The van der Waals surface area contributed by atoms with E-state index in [1.54, 1.807) is 12.1 Å². The summed E-state index contributed by atoms with van der Waals surface area (Å²) in [5, 5.41) is 12.4. The third-order valence-electron chi connectivity index (χ3n) is 3.23. The lowest BCUT2D eigenvalue weighted by Crippen LogP contribution is -2.24. The van der Waals surface area contributed by atoms with Crippen molar-refractivity contribution >= 4 is 21.6 Å². The minimum Gasteiger partial charge on any atom is -0.506 e. The highest BCUT2D eigenvalue weighted by Crippen LogP contribution is 2.24. The molecule has 126 valence electrons. The Morgan fingerprint density at radius 2 is 2.00 bits per heavy atom. The van der Waals surface area contributed by atoms with Crippen molar-refractivity contribution in [2.75, 3.05) is 11.9 Å². The molecule has 0 atom stereocenters. The van der Waals surface area contributed by atoms with Gasteiger partial charge in [0.25, 0.3) is 5.91 Å². The van der Waals surface area contributed by atoms with Gasteiger partial charge in [0, 0.05) is 12.1 Å². The van der Waals surface area contributed by atoms with Gasteiger partial charge in [-0.3, -0.25) is 4.79 Å². The monoisotopic (exact) mass is 346 g/mol. The fourth-order valence-corrected chi connectivity index (χ4v) is 3.04. The van der Waals surface area contributed by atoms with Crippen LogP contribution in [0.4, 0.5) is 5.69 Å². The van der Waals surface area contributed by atoms with Gasteiger partial charge in [0.1, 0.15) is 5.75 Å². The maximum atomic E-state index is 12.3. The number of rotatable bonds is 6. The molecule has 0 fully saturated rings. The van der Waals surface area contributed by atoms with Gasteiger partial charge in [0.2, 0.25) is 10.0 Å². The standard InChI is InChI=1S/C17H18N2O4S/c1-3-9-18-24(22,23)14-6-4-5-13(11-14)17(21)19-15-8-7-12(2)10-16(15)20/h3-8,10-11,18,20H,1,9H2,2H3,(H,19,21). The third-order valence-corrected chi connectivity index (χ3v) is 4.65. The molecule has 1 amide bonds. The lowest BCUT2D eigenvalue weighted by Gasteiger charge is -2.09. The highest BCUT2D eigenvalue weighted by molar-refractivity contribution is 7.89. The van der Waals surface area contributed by atoms with Crippen LogP contribution in [0.25, 0.3) is 0 Å². The molecule has 0 aliphatic carbocycles. The Morgan fingerprint density at radius 3 is 2.67 bits per heavy atom. The molecule has 0 radical (unpaired) electrons. The molecule has 2 rings (SSSR count). The first kappa shape index (κ1) is 17.7. The highest BCUT2D eigenvalue weighted by Gasteiger charge is 2.16. The second kappa shape index (κ2) is 7.29. The minimum absolute atomic E-state index is 0.0230. The average Bonchev–Trinajstić information content (AvgIpc) is 2.55. The van der Waals surface area contributed by atoms with Crippen molar-refractivity contribution in [2.45, 2.75) is 11.8 Å². The Hall–Kier alpha value is -2.64. The molecule has 0 aliphatic rings. The number of hydrogen-bond acceptors (Lipinski definition) is 4. The number of nitrogens with one attached hydrogen (secondary N) is 2. The lowest BCUT2D eigenvalue weighted by atomic mass is 10.2. The second-order valence-corrected chi connectivity index (χ2v) is 6.91. The quantitative estimate of drug-likeness (QED) is 0.553. The molecule has 3 N–H and O–H groups in total. The van der Waals surface area contributed by atoms with Crippen LogP contribution in [0.2, 0.25) is 0 Å². The SMILES string of the molecule is C=CCNS(=O)(=O)c1cccc(C(=O)Nc2ccc(C)cc2O)c1. The van der Waals surface area contributed by atoms with Gasteiger partial charge in [-0.2, -0.15) is 0 Å². The van der Waals surface area contributed by atoms with E-state index < -0.39 is 15.9 Å². The summed E-state index contributed by atoms with van der Waals surface area (Å²) in [6.07, 6.45) is 1.42. The van der Waals surface area contributed by atoms with Crippen LogP contribution < -0.4 is 10.0 Å². The van der Waals surface area contributed by atoms with Gasteiger partial charge < -0.3 is 10.4 Å². The zero-order valence-electron chi connectivity index (χ0n) is 13.1. The summed E-state index contributed by atoms with van der Waals surface area (Å²) in [5.41, 5.74) is 1.27. The number of carbonyl (C=O) groups is 1. The fourth-order valence-electron chi connectivity index (χ4n) is 2.00. The number of hydrogen-bond donors (Lipinski definition) is 3. The number of carbonyl (C=O) groups excluding carboxylic acids is 1. The zero-order valence-corrected chi connectivity index (χ0v) is 13.9. The van der Waals surface area contributed by atoms with Crippen molar-refractivity contribution in [1.29, 1.82) is 0 Å². The van der Waals surface area contributed by atoms with E-state index in [9.17, 15) is 18.3 Å². The molecule has 2 aromatic carbocycles. The molecule has 0 aromatic heterocycles. The van der Waals surface area contributed by atoms with Crippen LogP contribution in [0.5, 0.6) is 5.75 Å². The molecule has 24 heavy (non-hydrogen) atoms. The normalized spacial score (nSPS) is 11.0. The van der Waals surface area contributed by atoms with Gasteiger partial charge in [0.05, 0.1) is 10.6 Å². The van der Waals surface area contributed by atoms with Crippen LogP contribution in [0, 0.1) is 6.92 Å². The van der Waals surface area contributed by atoms with E-state index in [-0.39, 0.29) is 28.4 Å². The number of sulfonamides is 1. The summed E-state index contributed by atoms with van der Waals surface area (Å²) in [6.45, 7) is 5.36. The van der Waals surface area contributed by atoms with Crippen LogP contribution in [0.15, 0.2) is 60.0 Å². The molecule has 0 aliphatic heterocycles. The van der Waals surface area contributed by atoms with Crippen molar-refractivity contribution in [2.24, 2.45) is 0 Å². The van der Waals surface area contributed by atoms with Gasteiger partial charge in [-0.25, -0.2) is 13.1 Å². The average molecular weight is 346 g/mol. The van der Waals surface area contributed by atoms with Crippen LogP contribution >= 0.6 is 0 Å². The summed E-state index contributed by atoms with van der Waals surface area (Å²) in [7, 11) is -3.72. The number of benzene rings is 2. The molecule has 0 heterocycles. The maximum Gasteiger partial charge on any atom is 0.255 e. The van der Waals surface area contributed by atoms with E-state index in [0.717, 1.165) is 5.56 Å². The maximum absolute atomic E-state index is 12.3.